The summed E-state index contributed by atoms with van der Waals surface area (Å²) in [5.74, 6) is -0.934. The second kappa shape index (κ2) is 12.8. The van der Waals surface area contributed by atoms with Crippen LogP contribution >= 0.6 is 0 Å². The van der Waals surface area contributed by atoms with Gasteiger partial charge < -0.3 is 24.8 Å². The van der Waals surface area contributed by atoms with Gasteiger partial charge in [-0.25, -0.2) is 4.79 Å². The zero-order valence-electron chi connectivity index (χ0n) is 25.5. The van der Waals surface area contributed by atoms with Crippen LogP contribution < -0.4 is 10.6 Å². The number of amides is 1. The zero-order chi connectivity index (χ0) is 30.7. The summed E-state index contributed by atoms with van der Waals surface area (Å²) in [4.78, 5) is 30.2. The maximum Gasteiger partial charge on any atom is 0.337 e. The molecule has 0 aromatic heterocycles. The van der Waals surface area contributed by atoms with Gasteiger partial charge in [-0.2, -0.15) is 0 Å². The third-order valence-electron chi connectivity index (χ3n) is 8.57. The van der Waals surface area contributed by atoms with E-state index in [-0.39, 0.29) is 23.7 Å². The minimum atomic E-state index is -1.27. The lowest BCUT2D eigenvalue weighted by Gasteiger charge is -2.36. The van der Waals surface area contributed by atoms with Crippen molar-refractivity contribution < 1.29 is 23.8 Å². The maximum absolute atomic E-state index is 14.0. The first kappa shape index (κ1) is 29.8. The first-order chi connectivity index (χ1) is 21.4. The van der Waals surface area contributed by atoms with Gasteiger partial charge in [0.1, 0.15) is 11.7 Å². The van der Waals surface area contributed by atoms with Gasteiger partial charge in [-0.15, -0.1) is 0 Å². The van der Waals surface area contributed by atoms with Gasteiger partial charge in [0.05, 0.1) is 37.0 Å². The monoisotopic (exact) mass is 593 g/mol. The minimum Gasteiger partial charge on any atom is -0.463 e. The minimum absolute atomic E-state index is 0.172. The molecule has 44 heavy (non-hydrogen) atoms. The van der Waals surface area contributed by atoms with Gasteiger partial charge in [-0.1, -0.05) is 66.7 Å². The Morgan fingerprint density at radius 3 is 2.36 bits per heavy atom. The maximum atomic E-state index is 14.0. The number of hydrogen-bond acceptors (Lipinski definition) is 7. The standard InChI is InChI=1S/C36H39N3O5/c1-4-43-35(41)31-30(34(40)38-32-24(2)9-8-10-25(32)3)29-17-18-36(31,44-29)33(37-28-11-6-5-7-12-28)27-15-13-26(14-16-27)23-39-19-21-42-22-20-39/h5-18,29,33,37H,4,19-23H2,1-3H3,(H,38,40)/t29-,33-,36+/m1/s1. The Morgan fingerprint density at radius 2 is 1.68 bits per heavy atom. The first-order valence-corrected chi connectivity index (χ1v) is 15.3. The summed E-state index contributed by atoms with van der Waals surface area (Å²) >= 11 is 0. The fraction of sp³-hybridized carbons (Fsp3) is 0.333. The average molecular weight is 594 g/mol. The molecule has 3 aromatic rings. The van der Waals surface area contributed by atoms with Crippen molar-refractivity contribution in [3.05, 3.63) is 118 Å². The Kier molecular flexibility index (Phi) is 8.66. The van der Waals surface area contributed by atoms with E-state index in [1.807, 2.05) is 74.5 Å². The summed E-state index contributed by atoms with van der Waals surface area (Å²) in [5.41, 5.74) is 4.80. The van der Waals surface area contributed by atoms with E-state index in [0.717, 1.165) is 60.9 Å². The molecule has 2 N–H and O–H groups in total. The summed E-state index contributed by atoms with van der Waals surface area (Å²) in [6.45, 7) is 9.97. The van der Waals surface area contributed by atoms with E-state index in [4.69, 9.17) is 14.2 Å². The third-order valence-corrected chi connectivity index (χ3v) is 8.57. The average Bonchev–Trinajstić information content (AvgIpc) is 3.62. The quantitative estimate of drug-likeness (QED) is 0.237. The van der Waals surface area contributed by atoms with E-state index < -0.39 is 23.7 Å². The third kappa shape index (κ3) is 5.80. The highest BCUT2D eigenvalue weighted by Gasteiger charge is 2.58. The van der Waals surface area contributed by atoms with E-state index in [1.165, 1.54) is 5.56 Å². The molecule has 228 valence electrons. The Hall–Kier alpha value is -4.24. The van der Waals surface area contributed by atoms with E-state index in [9.17, 15) is 9.59 Å². The van der Waals surface area contributed by atoms with Gasteiger partial charge in [0.25, 0.3) is 5.91 Å². The van der Waals surface area contributed by atoms with Crippen molar-refractivity contribution in [3.8, 4) is 0 Å². The van der Waals surface area contributed by atoms with Gasteiger partial charge in [0.15, 0.2) is 0 Å². The highest BCUT2D eigenvalue weighted by molar-refractivity contribution is 6.12. The van der Waals surface area contributed by atoms with Crippen LogP contribution in [-0.2, 0) is 30.3 Å². The van der Waals surface area contributed by atoms with E-state index in [2.05, 4.69) is 39.8 Å². The number of benzene rings is 3. The molecule has 1 fully saturated rings. The predicted octanol–water partition coefficient (Wildman–Crippen LogP) is 5.49. The molecule has 3 aliphatic heterocycles. The Balaban J connectivity index is 1.40. The number of nitrogens with one attached hydrogen (secondary N) is 2. The fourth-order valence-electron chi connectivity index (χ4n) is 6.36. The number of aryl methyl sites for hydroxylation is 2. The molecular formula is C36H39N3O5. The number of carbonyl (C=O) groups excluding carboxylic acids is 2. The molecular weight excluding hydrogens is 554 g/mol. The second-order valence-electron chi connectivity index (χ2n) is 11.5. The number of fused-ring (bicyclic) bond motifs is 2. The molecule has 0 aliphatic carbocycles. The molecule has 0 spiro atoms. The Morgan fingerprint density at radius 1 is 0.977 bits per heavy atom. The van der Waals surface area contributed by atoms with Crippen molar-refractivity contribution in [2.24, 2.45) is 0 Å². The van der Waals surface area contributed by atoms with Crippen molar-refractivity contribution >= 4 is 23.3 Å². The summed E-state index contributed by atoms with van der Waals surface area (Å²) in [6.07, 6.45) is 3.08. The second-order valence-corrected chi connectivity index (χ2v) is 11.5. The smallest absolute Gasteiger partial charge is 0.337 e. The molecule has 3 heterocycles. The van der Waals surface area contributed by atoms with Gasteiger partial charge in [-0.05, 0) is 61.2 Å². The molecule has 3 atom stereocenters. The highest BCUT2D eigenvalue weighted by Crippen LogP contribution is 2.51. The molecule has 0 saturated carbocycles. The molecule has 6 rings (SSSR count). The lowest BCUT2D eigenvalue weighted by Crippen LogP contribution is -2.42. The van der Waals surface area contributed by atoms with Gasteiger partial charge >= 0.3 is 5.97 Å². The number of carbonyl (C=O) groups is 2. The van der Waals surface area contributed by atoms with Crippen molar-refractivity contribution in [1.29, 1.82) is 0 Å². The molecule has 3 aromatic carbocycles. The van der Waals surface area contributed by atoms with Crippen molar-refractivity contribution in [3.63, 3.8) is 0 Å². The molecule has 2 bridgehead atoms. The lowest BCUT2D eigenvalue weighted by atomic mass is 9.78. The molecule has 0 radical (unpaired) electrons. The number of para-hydroxylation sites is 2. The van der Waals surface area contributed by atoms with Crippen LogP contribution in [0.3, 0.4) is 0 Å². The van der Waals surface area contributed by atoms with Gasteiger partial charge in [0.2, 0.25) is 0 Å². The van der Waals surface area contributed by atoms with Crippen LogP contribution in [0.25, 0.3) is 0 Å². The Bertz CT molecular complexity index is 1560. The summed E-state index contributed by atoms with van der Waals surface area (Å²) in [7, 11) is 0. The topological polar surface area (TPSA) is 89.1 Å². The van der Waals surface area contributed by atoms with Crippen LogP contribution in [0.4, 0.5) is 11.4 Å². The van der Waals surface area contributed by atoms with Crippen LogP contribution in [0.2, 0.25) is 0 Å². The summed E-state index contributed by atoms with van der Waals surface area (Å²) < 4.78 is 17.8. The zero-order valence-corrected chi connectivity index (χ0v) is 25.5. The summed E-state index contributed by atoms with van der Waals surface area (Å²) in [6, 6.07) is 23.5. The fourth-order valence-corrected chi connectivity index (χ4v) is 6.36. The Labute approximate surface area is 258 Å². The largest absolute Gasteiger partial charge is 0.463 e. The SMILES string of the molecule is CCOC(=O)C1=C(C(=O)Nc2c(C)cccc2C)[C@H]2C=C[C@]1([C@H](Nc1ccccc1)c1ccc(CN3CCOCC3)cc1)O2. The van der Waals surface area contributed by atoms with E-state index in [0.29, 0.717) is 0 Å². The number of nitrogens with zero attached hydrogens (tertiary/aromatic N) is 1. The van der Waals surface area contributed by atoms with Crippen molar-refractivity contribution in [2.75, 3.05) is 43.5 Å². The summed E-state index contributed by atoms with van der Waals surface area (Å²) in [5, 5.41) is 6.71. The number of rotatable bonds is 10. The number of ether oxygens (including phenoxy) is 3. The number of hydrogen-bond donors (Lipinski definition) is 2. The van der Waals surface area contributed by atoms with Crippen molar-refractivity contribution in [2.45, 2.75) is 45.1 Å². The van der Waals surface area contributed by atoms with Crippen molar-refractivity contribution in [1.82, 2.24) is 4.90 Å². The van der Waals surface area contributed by atoms with Crippen LogP contribution in [0, 0.1) is 13.8 Å². The number of anilines is 2. The number of esters is 1. The van der Waals surface area contributed by atoms with Gasteiger partial charge in [0, 0.05) is 31.0 Å². The van der Waals surface area contributed by atoms with Crippen LogP contribution in [0.15, 0.2) is 96.1 Å². The van der Waals surface area contributed by atoms with E-state index in [1.54, 1.807) is 6.92 Å². The molecule has 8 heteroatoms. The molecule has 1 amide bonds. The van der Waals surface area contributed by atoms with E-state index >= 15 is 0 Å². The number of morpholine rings is 1. The predicted molar refractivity (Wildman–Crippen MR) is 170 cm³/mol. The lowest BCUT2D eigenvalue weighted by molar-refractivity contribution is -0.140. The van der Waals surface area contributed by atoms with Crippen LogP contribution in [-0.4, -0.2) is 61.4 Å². The molecule has 0 unspecified atom stereocenters. The first-order valence-electron chi connectivity index (χ1n) is 15.3. The van der Waals surface area contributed by atoms with Gasteiger partial charge in [-0.3, -0.25) is 9.69 Å². The molecule has 8 nitrogen and oxygen atoms in total. The van der Waals surface area contributed by atoms with Crippen LogP contribution in [0.1, 0.15) is 35.2 Å². The van der Waals surface area contributed by atoms with Crippen LogP contribution in [0.5, 0.6) is 0 Å². The normalized spacial score (nSPS) is 21.8. The molecule has 3 aliphatic rings. The molecule has 1 saturated heterocycles. The highest BCUT2D eigenvalue weighted by atomic mass is 16.5.